The SMILES string of the molecule is COc1cc(C#N)c(C(=O)C2CCCCCC2)cc1O. The molecule has 0 aromatic heterocycles. The second-order valence-electron chi connectivity index (χ2n) is 5.23. The van der Waals surface area contributed by atoms with Crippen LogP contribution in [0.3, 0.4) is 0 Å². The van der Waals surface area contributed by atoms with Gasteiger partial charge in [-0.25, -0.2) is 0 Å². The minimum atomic E-state index is -0.0940. The Morgan fingerprint density at radius 3 is 2.50 bits per heavy atom. The van der Waals surface area contributed by atoms with E-state index in [1.807, 2.05) is 6.07 Å². The fourth-order valence-electron chi connectivity index (χ4n) is 2.79. The van der Waals surface area contributed by atoms with Crippen molar-refractivity contribution in [1.29, 1.82) is 5.26 Å². The third-order valence-corrected chi connectivity index (χ3v) is 3.93. The van der Waals surface area contributed by atoms with Crippen molar-refractivity contribution in [2.75, 3.05) is 7.11 Å². The highest BCUT2D eigenvalue weighted by molar-refractivity contribution is 6.00. The topological polar surface area (TPSA) is 70.3 Å². The number of benzene rings is 1. The van der Waals surface area contributed by atoms with Gasteiger partial charge in [0.1, 0.15) is 6.07 Å². The van der Waals surface area contributed by atoms with Gasteiger partial charge in [-0.2, -0.15) is 5.26 Å². The lowest BCUT2D eigenvalue weighted by atomic mass is 9.89. The zero-order chi connectivity index (χ0) is 14.5. The van der Waals surface area contributed by atoms with Gasteiger partial charge in [-0.15, -0.1) is 0 Å². The number of nitriles is 1. The predicted molar refractivity (Wildman–Crippen MR) is 74.9 cm³/mol. The second kappa shape index (κ2) is 6.42. The van der Waals surface area contributed by atoms with E-state index >= 15 is 0 Å². The van der Waals surface area contributed by atoms with Crippen molar-refractivity contribution in [2.45, 2.75) is 38.5 Å². The predicted octanol–water partition coefficient (Wildman–Crippen LogP) is 3.43. The molecule has 1 N–H and O–H groups in total. The van der Waals surface area contributed by atoms with E-state index in [0.717, 1.165) is 25.7 Å². The molecule has 1 aromatic carbocycles. The molecule has 0 bridgehead atoms. The molecule has 0 heterocycles. The normalized spacial score (nSPS) is 16.2. The van der Waals surface area contributed by atoms with Crippen LogP contribution in [-0.4, -0.2) is 18.0 Å². The van der Waals surface area contributed by atoms with Crippen molar-refractivity contribution >= 4 is 5.78 Å². The van der Waals surface area contributed by atoms with Gasteiger partial charge in [-0.05, 0) is 18.9 Å². The molecule has 1 aromatic rings. The zero-order valence-corrected chi connectivity index (χ0v) is 11.7. The van der Waals surface area contributed by atoms with Crippen LogP contribution in [0.15, 0.2) is 12.1 Å². The summed E-state index contributed by atoms with van der Waals surface area (Å²) in [5, 5.41) is 19.0. The molecule has 106 valence electrons. The highest BCUT2D eigenvalue weighted by atomic mass is 16.5. The molecule has 4 nitrogen and oxygen atoms in total. The number of phenols is 1. The number of ether oxygens (including phenoxy) is 1. The molecule has 0 amide bonds. The second-order valence-corrected chi connectivity index (χ2v) is 5.23. The monoisotopic (exact) mass is 273 g/mol. The number of rotatable bonds is 3. The molecule has 1 saturated carbocycles. The Kier molecular flexibility index (Phi) is 4.62. The summed E-state index contributed by atoms with van der Waals surface area (Å²) in [7, 11) is 1.42. The number of ketones is 1. The first kappa shape index (κ1) is 14.4. The van der Waals surface area contributed by atoms with Crippen LogP contribution < -0.4 is 4.74 Å². The number of Topliss-reactive ketones (excluding diaryl/α,β-unsaturated/α-hetero) is 1. The van der Waals surface area contributed by atoms with Crippen molar-refractivity contribution in [2.24, 2.45) is 5.92 Å². The van der Waals surface area contributed by atoms with Gasteiger partial charge in [0.05, 0.1) is 12.7 Å². The van der Waals surface area contributed by atoms with E-state index in [1.54, 1.807) is 0 Å². The van der Waals surface area contributed by atoms with Gasteiger partial charge in [0, 0.05) is 17.5 Å². The summed E-state index contributed by atoms with van der Waals surface area (Å²) in [6, 6.07) is 4.82. The van der Waals surface area contributed by atoms with Gasteiger partial charge in [-0.1, -0.05) is 25.7 Å². The maximum absolute atomic E-state index is 12.6. The average Bonchev–Trinajstić information content (AvgIpc) is 2.75. The van der Waals surface area contributed by atoms with Crippen molar-refractivity contribution in [3.8, 4) is 17.6 Å². The Balaban J connectivity index is 2.33. The average molecular weight is 273 g/mol. The van der Waals surface area contributed by atoms with Crippen molar-refractivity contribution in [3.63, 3.8) is 0 Å². The van der Waals surface area contributed by atoms with E-state index in [2.05, 4.69) is 0 Å². The minimum absolute atomic E-state index is 0.0265. The lowest BCUT2D eigenvalue weighted by molar-refractivity contribution is 0.0907. The van der Waals surface area contributed by atoms with Crippen LogP contribution in [0.5, 0.6) is 11.5 Å². The van der Waals surface area contributed by atoms with E-state index < -0.39 is 0 Å². The van der Waals surface area contributed by atoms with Gasteiger partial charge in [0.25, 0.3) is 0 Å². The molecule has 0 radical (unpaired) electrons. The first-order valence-corrected chi connectivity index (χ1v) is 7.02. The van der Waals surface area contributed by atoms with E-state index in [0.29, 0.717) is 5.56 Å². The largest absolute Gasteiger partial charge is 0.504 e. The van der Waals surface area contributed by atoms with Crippen LogP contribution in [0.2, 0.25) is 0 Å². The Labute approximate surface area is 119 Å². The molecule has 20 heavy (non-hydrogen) atoms. The number of carbonyl (C=O) groups excluding carboxylic acids is 1. The highest BCUT2D eigenvalue weighted by Gasteiger charge is 2.24. The number of hydrogen-bond donors (Lipinski definition) is 1. The maximum atomic E-state index is 12.6. The first-order valence-electron chi connectivity index (χ1n) is 7.02. The summed E-state index contributed by atoms with van der Waals surface area (Å²) < 4.78 is 4.98. The van der Waals surface area contributed by atoms with Crippen molar-refractivity contribution in [1.82, 2.24) is 0 Å². The smallest absolute Gasteiger partial charge is 0.167 e. The Hall–Kier alpha value is -2.02. The number of carbonyl (C=O) groups is 1. The van der Waals surface area contributed by atoms with Gasteiger partial charge >= 0.3 is 0 Å². The summed E-state index contributed by atoms with van der Waals surface area (Å²) in [6.45, 7) is 0. The molecule has 1 aliphatic rings. The highest BCUT2D eigenvalue weighted by Crippen LogP contribution is 2.33. The number of nitrogens with zero attached hydrogens (tertiary/aromatic N) is 1. The van der Waals surface area contributed by atoms with Gasteiger partial charge < -0.3 is 9.84 Å². The third kappa shape index (κ3) is 2.93. The third-order valence-electron chi connectivity index (χ3n) is 3.93. The molecule has 0 unspecified atom stereocenters. The van der Waals surface area contributed by atoms with E-state index in [1.165, 1.54) is 32.1 Å². The minimum Gasteiger partial charge on any atom is -0.504 e. The van der Waals surface area contributed by atoms with Gasteiger partial charge in [0.15, 0.2) is 17.3 Å². The molecule has 0 aliphatic heterocycles. The van der Waals surface area contributed by atoms with Crippen LogP contribution in [0.4, 0.5) is 0 Å². The number of hydrogen-bond acceptors (Lipinski definition) is 4. The summed E-state index contributed by atoms with van der Waals surface area (Å²) >= 11 is 0. The molecule has 0 spiro atoms. The summed E-state index contributed by atoms with van der Waals surface area (Å²) in [4.78, 5) is 12.6. The fraction of sp³-hybridized carbons (Fsp3) is 0.500. The lowest BCUT2D eigenvalue weighted by Gasteiger charge is -2.14. The van der Waals surface area contributed by atoms with Crippen LogP contribution in [-0.2, 0) is 0 Å². The molecule has 4 heteroatoms. The molecular weight excluding hydrogens is 254 g/mol. The van der Waals surface area contributed by atoms with Crippen molar-refractivity contribution in [3.05, 3.63) is 23.3 Å². The molecule has 0 atom stereocenters. The molecular formula is C16H19NO3. The quantitative estimate of drug-likeness (QED) is 0.676. The van der Waals surface area contributed by atoms with E-state index in [4.69, 9.17) is 4.74 Å². The molecule has 1 fully saturated rings. The molecule has 2 rings (SSSR count). The van der Waals surface area contributed by atoms with Crippen LogP contribution in [0.1, 0.15) is 54.4 Å². The van der Waals surface area contributed by atoms with Crippen LogP contribution in [0, 0.1) is 17.2 Å². The Morgan fingerprint density at radius 2 is 1.95 bits per heavy atom. The Bertz CT molecular complexity index is 537. The maximum Gasteiger partial charge on any atom is 0.167 e. The van der Waals surface area contributed by atoms with Gasteiger partial charge in [0.2, 0.25) is 0 Å². The zero-order valence-electron chi connectivity index (χ0n) is 11.7. The summed E-state index contributed by atoms with van der Waals surface area (Å²) in [6.07, 6.45) is 6.19. The van der Waals surface area contributed by atoms with Crippen LogP contribution in [0.25, 0.3) is 0 Å². The summed E-state index contributed by atoms with van der Waals surface area (Å²) in [5.74, 6) is 0.0706. The Morgan fingerprint density at radius 1 is 1.30 bits per heavy atom. The lowest BCUT2D eigenvalue weighted by Crippen LogP contribution is -2.15. The number of methoxy groups -OCH3 is 1. The fourth-order valence-corrected chi connectivity index (χ4v) is 2.79. The first-order chi connectivity index (χ1) is 9.67. The van der Waals surface area contributed by atoms with E-state index in [9.17, 15) is 15.2 Å². The van der Waals surface area contributed by atoms with Gasteiger partial charge in [-0.3, -0.25) is 4.79 Å². The number of aromatic hydroxyl groups is 1. The summed E-state index contributed by atoms with van der Waals surface area (Å²) in [5.41, 5.74) is 0.589. The standard InChI is InChI=1S/C16H19NO3/c1-20-15-8-12(10-17)13(9-14(15)18)16(19)11-6-4-2-3-5-7-11/h8-9,11,18H,2-7H2,1H3. The molecule has 1 aliphatic carbocycles. The number of phenolic OH excluding ortho intramolecular Hbond substituents is 1. The van der Waals surface area contributed by atoms with Crippen molar-refractivity contribution < 1.29 is 14.6 Å². The van der Waals surface area contributed by atoms with Crippen LogP contribution >= 0.6 is 0 Å². The van der Waals surface area contributed by atoms with E-state index in [-0.39, 0.29) is 28.8 Å². The molecule has 0 saturated heterocycles.